The van der Waals surface area contributed by atoms with Gasteiger partial charge in [-0.15, -0.1) is 0 Å². The quantitative estimate of drug-likeness (QED) is 0.260. The summed E-state index contributed by atoms with van der Waals surface area (Å²) < 4.78 is 4.34. The van der Waals surface area contributed by atoms with Crippen molar-refractivity contribution in [1.29, 1.82) is 0 Å². The van der Waals surface area contributed by atoms with E-state index in [9.17, 15) is 4.79 Å². The van der Waals surface area contributed by atoms with Crippen LogP contribution in [-0.4, -0.2) is 58.4 Å². The molecular weight excluding hydrogens is 168 g/mol. The zero-order valence-corrected chi connectivity index (χ0v) is 6.33. The minimum absolute atomic E-state index is 0.236. The van der Waals surface area contributed by atoms with Crippen molar-refractivity contribution < 1.29 is 30.0 Å². The lowest BCUT2D eigenvalue weighted by atomic mass is 10.1. The molecule has 6 heteroatoms. The molecule has 6 nitrogen and oxygen atoms in total. The SMILES string of the molecule is O=C[C@@H](OCO)[C@H](O)[C@H](O)CO. The Hall–Kier alpha value is -0.530. The number of carbonyl (C=O) groups is 1. The minimum Gasteiger partial charge on any atom is -0.394 e. The van der Waals surface area contributed by atoms with Gasteiger partial charge >= 0.3 is 0 Å². The highest BCUT2D eigenvalue weighted by Crippen LogP contribution is 2.01. The van der Waals surface area contributed by atoms with Crippen molar-refractivity contribution in [2.75, 3.05) is 13.4 Å². The molecule has 0 saturated heterocycles. The molecule has 0 unspecified atom stereocenters. The Bertz CT molecular complexity index is 127. The molecule has 0 bridgehead atoms. The molecule has 0 aromatic rings. The number of hydrogen-bond donors (Lipinski definition) is 4. The van der Waals surface area contributed by atoms with E-state index < -0.39 is 31.7 Å². The van der Waals surface area contributed by atoms with Crippen molar-refractivity contribution in [2.24, 2.45) is 0 Å². The summed E-state index contributed by atoms with van der Waals surface area (Å²) in [5.74, 6) is 0. The van der Waals surface area contributed by atoms with Gasteiger partial charge in [0, 0.05) is 0 Å². The van der Waals surface area contributed by atoms with Crippen molar-refractivity contribution in [3.63, 3.8) is 0 Å². The van der Waals surface area contributed by atoms with Crippen molar-refractivity contribution in [1.82, 2.24) is 0 Å². The van der Waals surface area contributed by atoms with Gasteiger partial charge in [0.05, 0.1) is 6.61 Å². The second kappa shape index (κ2) is 6.04. The molecule has 0 aliphatic carbocycles. The van der Waals surface area contributed by atoms with Crippen molar-refractivity contribution in [3.8, 4) is 0 Å². The molecule has 0 aliphatic rings. The van der Waals surface area contributed by atoms with E-state index in [2.05, 4.69) is 4.74 Å². The number of carbonyl (C=O) groups excluding carboxylic acids is 1. The van der Waals surface area contributed by atoms with Gasteiger partial charge in [-0.25, -0.2) is 0 Å². The van der Waals surface area contributed by atoms with E-state index in [1.54, 1.807) is 0 Å². The van der Waals surface area contributed by atoms with E-state index in [4.69, 9.17) is 20.4 Å². The Balaban J connectivity index is 4.00. The lowest BCUT2D eigenvalue weighted by Gasteiger charge is -2.20. The first-order valence-electron chi connectivity index (χ1n) is 3.32. The fourth-order valence-electron chi connectivity index (χ4n) is 0.631. The van der Waals surface area contributed by atoms with Crippen LogP contribution >= 0.6 is 0 Å². The molecule has 0 amide bonds. The molecule has 3 atom stereocenters. The van der Waals surface area contributed by atoms with Crippen LogP contribution in [-0.2, 0) is 9.53 Å². The molecule has 0 aliphatic heterocycles. The molecule has 0 heterocycles. The fourth-order valence-corrected chi connectivity index (χ4v) is 0.631. The summed E-state index contributed by atoms with van der Waals surface area (Å²) in [7, 11) is 0. The predicted octanol–water partition coefficient (Wildman–Crippen LogP) is -2.77. The maximum absolute atomic E-state index is 10.2. The largest absolute Gasteiger partial charge is 0.394 e. The summed E-state index contributed by atoms with van der Waals surface area (Å²) in [6, 6.07) is 0. The molecule has 0 saturated carbocycles. The van der Waals surface area contributed by atoms with Gasteiger partial charge in [0.2, 0.25) is 0 Å². The summed E-state index contributed by atoms with van der Waals surface area (Å²) >= 11 is 0. The molecule has 0 rings (SSSR count). The van der Waals surface area contributed by atoms with Gasteiger partial charge in [-0.2, -0.15) is 0 Å². The second-order valence-electron chi connectivity index (χ2n) is 2.14. The van der Waals surface area contributed by atoms with Crippen LogP contribution in [0.4, 0.5) is 0 Å². The van der Waals surface area contributed by atoms with Gasteiger partial charge in [0.25, 0.3) is 0 Å². The lowest BCUT2D eigenvalue weighted by Crippen LogP contribution is -2.42. The second-order valence-corrected chi connectivity index (χ2v) is 2.14. The van der Waals surface area contributed by atoms with Crippen molar-refractivity contribution in [2.45, 2.75) is 18.3 Å². The summed E-state index contributed by atoms with van der Waals surface area (Å²) in [5.41, 5.74) is 0. The Morgan fingerprint density at radius 3 is 2.25 bits per heavy atom. The maximum Gasteiger partial charge on any atom is 0.151 e. The summed E-state index contributed by atoms with van der Waals surface area (Å²) in [6.07, 6.45) is -4.07. The average molecular weight is 180 g/mol. The summed E-state index contributed by atoms with van der Waals surface area (Å²) in [6.45, 7) is -1.42. The van der Waals surface area contributed by atoms with E-state index in [0.29, 0.717) is 0 Å². The number of rotatable bonds is 6. The van der Waals surface area contributed by atoms with Crippen LogP contribution in [0, 0.1) is 0 Å². The van der Waals surface area contributed by atoms with Crippen molar-refractivity contribution >= 4 is 6.29 Å². The van der Waals surface area contributed by atoms with Crippen LogP contribution in [0.5, 0.6) is 0 Å². The number of aliphatic hydroxyl groups is 4. The fraction of sp³-hybridized carbons (Fsp3) is 0.833. The minimum atomic E-state index is -1.53. The zero-order chi connectivity index (χ0) is 9.56. The Morgan fingerprint density at radius 2 is 1.92 bits per heavy atom. The number of aldehydes is 1. The van der Waals surface area contributed by atoms with Gasteiger partial charge in [0.15, 0.2) is 6.29 Å². The lowest BCUT2D eigenvalue weighted by molar-refractivity contribution is -0.150. The van der Waals surface area contributed by atoms with Gasteiger partial charge in [-0.1, -0.05) is 0 Å². The first-order chi connectivity index (χ1) is 5.67. The van der Waals surface area contributed by atoms with Crippen LogP contribution < -0.4 is 0 Å². The molecule has 72 valence electrons. The third kappa shape index (κ3) is 3.24. The normalized spacial score (nSPS) is 18.3. The van der Waals surface area contributed by atoms with Gasteiger partial charge < -0.3 is 30.0 Å². The molecule has 0 radical (unpaired) electrons. The highest BCUT2D eigenvalue weighted by Gasteiger charge is 2.25. The third-order valence-electron chi connectivity index (χ3n) is 1.32. The van der Waals surface area contributed by atoms with E-state index in [1.807, 2.05) is 0 Å². The molecule has 0 aromatic carbocycles. The number of hydrogen-bond acceptors (Lipinski definition) is 6. The molecule has 4 N–H and O–H groups in total. The third-order valence-corrected chi connectivity index (χ3v) is 1.32. The maximum atomic E-state index is 10.2. The Labute approximate surface area is 69.0 Å². The molecular formula is C6H12O6. The van der Waals surface area contributed by atoms with Crippen LogP contribution in [0.2, 0.25) is 0 Å². The highest BCUT2D eigenvalue weighted by molar-refractivity contribution is 5.57. The van der Waals surface area contributed by atoms with E-state index in [1.165, 1.54) is 0 Å². The van der Waals surface area contributed by atoms with Crippen LogP contribution in [0.25, 0.3) is 0 Å². The Morgan fingerprint density at radius 1 is 1.33 bits per heavy atom. The highest BCUT2D eigenvalue weighted by atomic mass is 16.6. The number of ether oxygens (including phenoxy) is 1. The molecule has 0 fully saturated rings. The standard InChI is InChI=1S/C6H12O6/c7-1-4(10)6(11)5(2-8)12-3-9/h2,4-7,9-11H,1,3H2/t4-,5-,6-/m1/s1. The molecule has 0 aromatic heterocycles. The van der Waals surface area contributed by atoms with E-state index in [0.717, 1.165) is 0 Å². The summed E-state index contributed by atoms with van der Waals surface area (Å²) in [5, 5.41) is 34.5. The van der Waals surface area contributed by atoms with Gasteiger partial charge in [-0.05, 0) is 0 Å². The Kier molecular flexibility index (Phi) is 5.77. The van der Waals surface area contributed by atoms with Gasteiger partial charge in [0.1, 0.15) is 25.1 Å². The summed E-state index contributed by atoms with van der Waals surface area (Å²) in [4.78, 5) is 10.2. The van der Waals surface area contributed by atoms with E-state index >= 15 is 0 Å². The van der Waals surface area contributed by atoms with Crippen LogP contribution in [0.15, 0.2) is 0 Å². The number of aliphatic hydroxyl groups excluding tert-OH is 4. The average Bonchev–Trinajstić information content (AvgIpc) is 2.11. The molecule has 12 heavy (non-hydrogen) atoms. The topological polar surface area (TPSA) is 107 Å². The predicted molar refractivity (Wildman–Crippen MR) is 37.1 cm³/mol. The first kappa shape index (κ1) is 11.5. The van der Waals surface area contributed by atoms with Crippen molar-refractivity contribution in [3.05, 3.63) is 0 Å². The van der Waals surface area contributed by atoms with Gasteiger partial charge in [-0.3, -0.25) is 0 Å². The van der Waals surface area contributed by atoms with E-state index in [-0.39, 0.29) is 6.29 Å². The van der Waals surface area contributed by atoms with Crippen LogP contribution in [0.1, 0.15) is 0 Å². The first-order valence-corrected chi connectivity index (χ1v) is 3.32. The zero-order valence-electron chi connectivity index (χ0n) is 6.33. The van der Waals surface area contributed by atoms with Crippen LogP contribution in [0.3, 0.4) is 0 Å². The smallest absolute Gasteiger partial charge is 0.151 e. The molecule has 0 spiro atoms. The monoisotopic (exact) mass is 180 g/mol.